The van der Waals surface area contributed by atoms with Gasteiger partial charge in [-0.1, -0.05) is 109 Å². The quantitative estimate of drug-likeness (QED) is 0.232. The van der Waals surface area contributed by atoms with Gasteiger partial charge in [0, 0.05) is 32.0 Å². The molecule has 0 bridgehead atoms. The van der Waals surface area contributed by atoms with Crippen molar-refractivity contribution >= 4 is 53.4 Å². The van der Waals surface area contributed by atoms with Gasteiger partial charge in [0.05, 0.1) is 0 Å². The first-order valence-corrected chi connectivity index (χ1v) is 13.8. The molecule has 0 saturated carbocycles. The van der Waals surface area contributed by atoms with E-state index < -0.39 is 0 Å². The number of fused-ring (bicyclic) bond motifs is 6. The molecule has 0 spiro atoms. The molecular formula is C36H24S. The summed E-state index contributed by atoms with van der Waals surface area (Å²) in [7, 11) is 0. The predicted octanol–water partition coefficient (Wildman–Crippen LogP) is 7.98. The van der Waals surface area contributed by atoms with Gasteiger partial charge < -0.3 is 0 Å². The molecule has 174 valence electrons. The second-order valence-electron chi connectivity index (χ2n) is 10.1. The van der Waals surface area contributed by atoms with Crippen molar-refractivity contribution in [2.24, 2.45) is 11.8 Å². The molecule has 1 heteroatoms. The lowest BCUT2D eigenvalue weighted by molar-refractivity contribution is 0.686. The van der Waals surface area contributed by atoms with Crippen molar-refractivity contribution in [2.75, 3.05) is 0 Å². The Bertz CT molecular complexity index is 2050. The Morgan fingerprint density at radius 2 is 1.05 bits per heavy atom. The summed E-state index contributed by atoms with van der Waals surface area (Å²) in [5.74, 6) is 0.592. The second kappa shape index (κ2) is 8.16. The van der Waals surface area contributed by atoms with Crippen molar-refractivity contribution in [3.05, 3.63) is 155 Å². The molecule has 2 aliphatic rings. The zero-order chi connectivity index (χ0) is 24.3. The molecule has 0 aliphatic heterocycles. The summed E-state index contributed by atoms with van der Waals surface area (Å²) in [5, 5.41) is 8.00. The summed E-state index contributed by atoms with van der Waals surface area (Å²) in [4.78, 5) is 0. The van der Waals surface area contributed by atoms with E-state index in [2.05, 4.69) is 133 Å². The van der Waals surface area contributed by atoms with Gasteiger partial charge in [0.2, 0.25) is 0 Å². The van der Waals surface area contributed by atoms with Crippen LogP contribution in [0.4, 0.5) is 0 Å². The van der Waals surface area contributed by atoms with Crippen molar-refractivity contribution in [3.63, 3.8) is 0 Å². The van der Waals surface area contributed by atoms with E-state index in [-0.39, 0.29) is 0 Å². The van der Waals surface area contributed by atoms with Crippen LogP contribution < -0.4 is 10.4 Å². The molecule has 0 N–H and O–H groups in total. The zero-order valence-corrected chi connectivity index (χ0v) is 21.1. The molecule has 2 atom stereocenters. The van der Waals surface area contributed by atoms with E-state index in [0.717, 1.165) is 0 Å². The highest BCUT2D eigenvalue weighted by Crippen LogP contribution is 2.42. The summed E-state index contributed by atoms with van der Waals surface area (Å²) >= 11 is 1.89. The zero-order valence-electron chi connectivity index (χ0n) is 20.3. The molecule has 37 heavy (non-hydrogen) atoms. The Morgan fingerprint density at radius 3 is 1.84 bits per heavy atom. The Balaban J connectivity index is 1.46. The van der Waals surface area contributed by atoms with Crippen molar-refractivity contribution < 1.29 is 0 Å². The van der Waals surface area contributed by atoms with Gasteiger partial charge in [0.15, 0.2) is 0 Å². The van der Waals surface area contributed by atoms with Gasteiger partial charge in [-0.3, -0.25) is 0 Å². The highest BCUT2D eigenvalue weighted by molar-refractivity contribution is 7.25. The fourth-order valence-electron chi connectivity index (χ4n) is 6.42. The Hall–Kier alpha value is -4.20. The van der Waals surface area contributed by atoms with Crippen LogP contribution in [0.2, 0.25) is 0 Å². The second-order valence-corrected chi connectivity index (χ2v) is 11.1. The van der Waals surface area contributed by atoms with Crippen molar-refractivity contribution in [2.45, 2.75) is 0 Å². The molecule has 8 rings (SSSR count). The van der Waals surface area contributed by atoms with Crippen LogP contribution in [0.25, 0.3) is 42.1 Å². The van der Waals surface area contributed by atoms with Crippen LogP contribution in [0.3, 0.4) is 0 Å². The first-order chi connectivity index (χ1) is 18.3. The number of thiophene rings is 1. The van der Waals surface area contributed by atoms with Crippen LogP contribution in [-0.2, 0) is 0 Å². The molecule has 0 nitrogen and oxygen atoms in total. The maximum atomic E-state index is 2.44. The summed E-state index contributed by atoms with van der Waals surface area (Å²) in [5.41, 5.74) is 5.51. The summed E-state index contributed by atoms with van der Waals surface area (Å²) in [6.07, 6.45) is 9.27. The van der Waals surface area contributed by atoms with Crippen LogP contribution in [0.15, 0.2) is 133 Å². The monoisotopic (exact) mass is 488 g/mol. The predicted molar refractivity (Wildman–Crippen MR) is 159 cm³/mol. The maximum Gasteiger partial charge on any atom is 0.0355 e. The molecule has 0 radical (unpaired) electrons. The van der Waals surface area contributed by atoms with Gasteiger partial charge in [-0.05, 0) is 67.7 Å². The van der Waals surface area contributed by atoms with E-state index in [1.807, 2.05) is 11.3 Å². The number of hydrogen-bond donors (Lipinski definition) is 0. The van der Waals surface area contributed by atoms with Gasteiger partial charge in [0.1, 0.15) is 0 Å². The topological polar surface area (TPSA) is 0 Å². The molecule has 0 fully saturated rings. The molecule has 1 aromatic heterocycles. The number of hydrogen-bond acceptors (Lipinski definition) is 1. The minimum atomic E-state index is 0.295. The van der Waals surface area contributed by atoms with E-state index in [1.54, 1.807) is 0 Å². The number of rotatable bonds is 2. The summed E-state index contributed by atoms with van der Waals surface area (Å²) in [6.45, 7) is 0. The van der Waals surface area contributed by atoms with Crippen LogP contribution in [-0.4, -0.2) is 0 Å². The molecular weight excluding hydrogens is 464 g/mol. The minimum absolute atomic E-state index is 0.295. The first-order valence-electron chi connectivity index (χ1n) is 12.9. The maximum absolute atomic E-state index is 2.44. The highest BCUT2D eigenvalue weighted by atomic mass is 32.1. The molecule has 0 saturated heterocycles. The lowest BCUT2D eigenvalue weighted by Crippen LogP contribution is -2.40. The average Bonchev–Trinajstić information content (AvgIpc) is 3.33. The van der Waals surface area contributed by atoms with Crippen molar-refractivity contribution in [1.82, 2.24) is 0 Å². The van der Waals surface area contributed by atoms with Crippen LogP contribution in [0.5, 0.6) is 0 Å². The normalized spacial score (nSPS) is 18.5. The largest absolute Gasteiger partial charge is 0.135 e. The van der Waals surface area contributed by atoms with Gasteiger partial charge in [-0.15, -0.1) is 11.3 Å². The summed E-state index contributed by atoms with van der Waals surface area (Å²) in [6, 6.07) is 40.5. The molecule has 2 aliphatic carbocycles. The molecule has 5 aromatic carbocycles. The lowest BCUT2D eigenvalue weighted by Gasteiger charge is -2.33. The van der Waals surface area contributed by atoms with Crippen LogP contribution in [0, 0.1) is 11.8 Å². The third-order valence-electron chi connectivity index (χ3n) is 8.06. The fourth-order valence-corrected chi connectivity index (χ4v) is 7.50. The summed E-state index contributed by atoms with van der Waals surface area (Å²) < 4.78 is 2.71. The van der Waals surface area contributed by atoms with E-state index in [0.29, 0.717) is 11.8 Å². The highest BCUT2D eigenvalue weighted by Gasteiger charge is 2.32. The smallest absolute Gasteiger partial charge is 0.0355 e. The van der Waals surface area contributed by atoms with Gasteiger partial charge in [-0.25, -0.2) is 0 Å². The van der Waals surface area contributed by atoms with E-state index in [1.165, 1.54) is 63.7 Å². The van der Waals surface area contributed by atoms with Crippen molar-refractivity contribution in [1.29, 1.82) is 0 Å². The van der Waals surface area contributed by atoms with E-state index >= 15 is 0 Å². The standard InChI is InChI=1S/C36H24S/c1-2-10-24-21-25(18-17-23(24)9-1)35-28-12-3-5-14-30(28)36(31-15-6-4-13-29(31)35)26-19-20-34-32(22-26)27-11-7-8-16-33(27)37-34/h1-22,28,30H. The third kappa shape index (κ3) is 3.21. The van der Waals surface area contributed by atoms with E-state index in [4.69, 9.17) is 0 Å². The lowest BCUT2D eigenvalue weighted by atomic mass is 9.70. The van der Waals surface area contributed by atoms with Gasteiger partial charge >= 0.3 is 0 Å². The molecule has 6 aromatic rings. The Labute approximate surface area is 219 Å². The first kappa shape index (κ1) is 20.9. The molecule has 1 heterocycles. The number of benzene rings is 5. The van der Waals surface area contributed by atoms with Crippen LogP contribution in [0.1, 0.15) is 11.1 Å². The van der Waals surface area contributed by atoms with Crippen LogP contribution >= 0.6 is 11.3 Å². The number of allylic oxidation sites excluding steroid dienone is 4. The average molecular weight is 489 g/mol. The molecule has 0 amide bonds. The van der Waals surface area contributed by atoms with Crippen molar-refractivity contribution in [3.8, 4) is 0 Å². The SMILES string of the molecule is C1=CC2C(c3ccc4ccccc4c3)=c3ccccc3=C(c3ccc4sc5ccccc5c4c3)C2C=C1. The van der Waals surface area contributed by atoms with E-state index in [9.17, 15) is 0 Å². The fraction of sp³-hybridized carbons (Fsp3) is 0.0556. The minimum Gasteiger partial charge on any atom is -0.135 e. The Morgan fingerprint density at radius 1 is 0.459 bits per heavy atom. The van der Waals surface area contributed by atoms with Gasteiger partial charge in [0.25, 0.3) is 0 Å². The van der Waals surface area contributed by atoms with Gasteiger partial charge in [-0.2, -0.15) is 0 Å². The third-order valence-corrected chi connectivity index (χ3v) is 9.21. The Kier molecular flexibility index (Phi) is 4.62. The molecule has 2 unspecified atom stereocenters.